The van der Waals surface area contributed by atoms with Gasteiger partial charge in [0.25, 0.3) is 0 Å². The predicted octanol–water partition coefficient (Wildman–Crippen LogP) is 4.28. The molecule has 1 N–H and O–H groups in total. The Morgan fingerprint density at radius 3 is 2.43 bits per heavy atom. The quantitative estimate of drug-likeness (QED) is 0.679. The zero-order valence-corrected chi connectivity index (χ0v) is 14.5. The minimum Gasteiger partial charge on any atom is -0.439 e. The lowest BCUT2D eigenvalue weighted by atomic mass is 9.97. The highest BCUT2D eigenvalue weighted by atomic mass is 19.1. The van der Waals surface area contributed by atoms with Gasteiger partial charge in [0, 0.05) is 23.5 Å². The van der Waals surface area contributed by atoms with E-state index >= 15 is 0 Å². The average molecular weight is 376 g/mol. The lowest BCUT2D eigenvalue weighted by Crippen LogP contribution is -2.19. The Labute approximate surface area is 160 Å². The first-order valence-electron chi connectivity index (χ1n) is 8.54. The number of cyclic esters (lactones) is 1. The van der Waals surface area contributed by atoms with Crippen LogP contribution in [0.1, 0.15) is 34.4 Å². The second-order valence-electron chi connectivity index (χ2n) is 6.27. The van der Waals surface area contributed by atoms with Gasteiger partial charge in [-0.15, -0.1) is 0 Å². The second-order valence-corrected chi connectivity index (χ2v) is 6.27. The SMILES string of the molecule is O=C1NC(c2cncc(C#Cc3cccc(F)c3)c2)C(c2cccc(F)c2)O1. The summed E-state index contributed by atoms with van der Waals surface area (Å²) < 4.78 is 32.2. The zero-order chi connectivity index (χ0) is 19.5. The van der Waals surface area contributed by atoms with Gasteiger partial charge in [-0.25, -0.2) is 13.6 Å². The maximum atomic E-state index is 13.6. The van der Waals surface area contributed by atoms with E-state index in [1.165, 1.54) is 24.3 Å². The number of carbonyl (C=O) groups is 1. The lowest BCUT2D eigenvalue weighted by Gasteiger charge is -2.17. The molecule has 4 rings (SSSR count). The van der Waals surface area contributed by atoms with Crippen LogP contribution in [0.2, 0.25) is 0 Å². The number of hydrogen-bond acceptors (Lipinski definition) is 3. The summed E-state index contributed by atoms with van der Waals surface area (Å²) in [6.07, 6.45) is 1.90. The second kappa shape index (κ2) is 7.49. The van der Waals surface area contributed by atoms with Gasteiger partial charge in [0.05, 0.1) is 0 Å². The number of pyridine rings is 1. The highest BCUT2D eigenvalue weighted by Crippen LogP contribution is 2.36. The first-order valence-corrected chi connectivity index (χ1v) is 8.54. The van der Waals surface area contributed by atoms with Gasteiger partial charge in [-0.2, -0.15) is 0 Å². The number of alkyl carbamates (subject to hydrolysis) is 1. The van der Waals surface area contributed by atoms with Crippen LogP contribution in [-0.2, 0) is 4.74 Å². The molecule has 0 radical (unpaired) electrons. The molecule has 1 amide bonds. The Kier molecular flexibility index (Phi) is 4.73. The van der Waals surface area contributed by atoms with Crippen LogP contribution in [0.15, 0.2) is 67.0 Å². The number of ether oxygens (including phenoxy) is 1. The smallest absolute Gasteiger partial charge is 0.408 e. The Bertz CT molecular complexity index is 1100. The number of carbonyl (C=O) groups excluding carboxylic acids is 1. The van der Waals surface area contributed by atoms with E-state index in [1.54, 1.807) is 42.7 Å². The Morgan fingerprint density at radius 1 is 0.893 bits per heavy atom. The maximum Gasteiger partial charge on any atom is 0.408 e. The molecule has 0 spiro atoms. The van der Waals surface area contributed by atoms with Crippen LogP contribution in [0, 0.1) is 23.5 Å². The summed E-state index contributed by atoms with van der Waals surface area (Å²) >= 11 is 0. The van der Waals surface area contributed by atoms with Crippen LogP contribution < -0.4 is 5.32 Å². The minimum absolute atomic E-state index is 0.359. The molecular weight excluding hydrogens is 362 g/mol. The third-order valence-electron chi connectivity index (χ3n) is 4.28. The number of halogens is 2. The van der Waals surface area contributed by atoms with Crippen molar-refractivity contribution in [3.05, 3.63) is 101 Å². The van der Waals surface area contributed by atoms with E-state index in [-0.39, 0.29) is 5.82 Å². The van der Waals surface area contributed by atoms with Crippen LogP contribution in [0.3, 0.4) is 0 Å². The van der Waals surface area contributed by atoms with E-state index in [0.29, 0.717) is 22.3 Å². The van der Waals surface area contributed by atoms with Gasteiger partial charge in [-0.05, 0) is 47.5 Å². The molecule has 1 aliphatic rings. The Hall–Kier alpha value is -3.72. The van der Waals surface area contributed by atoms with Gasteiger partial charge in [0.2, 0.25) is 0 Å². The van der Waals surface area contributed by atoms with E-state index in [0.717, 1.165) is 0 Å². The largest absolute Gasteiger partial charge is 0.439 e. The van der Waals surface area contributed by atoms with Crippen LogP contribution in [0.25, 0.3) is 0 Å². The van der Waals surface area contributed by atoms with Crippen molar-refractivity contribution in [1.29, 1.82) is 0 Å². The summed E-state index contributed by atoms with van der Waals surface area (Å²) in [5.74, 6) is 5.05. The van der Waals surface area contributed by atoms with Crippen LogP contribution in [-0.4, -0.2) is 11.1 Å². The first-order chi connectivity index (χ1) is 13.6. The van der Waals surface area contributed by atoms with Crippen LogP contribution in [0.4, 0.5) is 13.6 Å². The van der Waals surface area contributed by atoms with Crippen LogP contribution >= 0.6 is 0 Å². The fraction of sp³-hybridized carbons (Fsp3) is 0.0909. The van der Waals surface area contributed by atoms with E-state index < -0.39 is 24.1 Å². The van der Waals surface area contributed by atoms with Crippen molar-refractivity contribution in [2.45, 2.75) is 12.1 Å². The number of aromatic nitrogens is 1. The van der Waals surface area contributed by atoms with Gasteiger partial charge in [0.15, 0.2) is 6.10 Å². The van der Waals surface area contributed by atoms with Crippen molar-refractivity contribution in [3.8, 4) is 11.8 Å². The molecule has 2 heterocycles. The summed E-state index contributed by atoms with van der Waals surface area (Å²) in [6, 6.07) is 13.1. The third-order valence-corrected chi connectivity index (χ3v) is 4.28. The molecule has 2 unspecified atom stereocenters. The number of rotatable bonds is 2. The van der Waals surface area contributed by atoms with Crippen molar-refractivity contribution < 1.29 is 18.3 Å². The summed E-state index contributed by atoms with van der Waals surface area (Å²) in [5.41, 5.74) is 2.35. The zero-order valence-electron chi connectivity index (χ0n) is 14.5. The minimum atomic E-state index is -0.684. The molecule has 0 bridgehead atoms. The fourth-order valence-corrected chi connectivity index (χ4v) is 3.03. The Morgan fingerprint density at radius 2 is 1.64 bits per heavy atom. The molecule has 1 aliphatic heterocycles. The molecule has 4 nitrogen and oxygen atoms in total. The monoisotopic (exact) mass is 376 g/mol. The highest BCUT2D eigenvalue weighted by Gasteiger charge is 2.36. The molecule has 1 saturated heterocycles. The maximum absolute atomic E-state index is 13.6. The number of hydrogen-bond donors (Lipinski definition) is 1. The summed E-state index contributed by atoms with van der Waals surface area (Å²) in [6.45, 7) is 0. The molecule has 138 valence electrons. The predicted molar refractivity (Wildman–Crippen MR) is 98.1 cm³/mol. The number of nitrogens with zero attached hydrogens (tertiary/aromatic N) is 1. The highest BCUT2D eigenvalue weighted by molar-refractivity contribution is 5.71. The third kappa shape index (κ3) is 3.84. The number of nitrogens with one attached hydrogen (secondary N) is 1. The normalized spacial score (nSPS) is 18.0. The topological polar surface area (TPSA) is 51.2 Å². The molecule has 2 aromatic carbocycles. The van der Waals surface area contributed by atoms with E-state index in [1.807, 2.05) is 0 Å². The summed E-state index contributed by atoms with van der Waals surface area (Å²) in [7, 11) is 0. The van der Waals surface area contributed by atoms with E-state index in [4.69, 9.17) is 4.74 Å². The van der Waals surface area contributed by atoms with Crippen LogP contribution in [0.5, 0.6) is 0 Å². The van der Waals surface area contributed by atoms with Crippen molar-refractivity contribution in [2.75, 3.05) is 0 Å². The molecule has 2 atom stereocenters. The number of amides is 1. The van der Waals surface area contributed by atoms with Crippen molar-refractivity contribution in [3.63, 3.8) is 0 Å². The van der Waals surface area contributed by atoms with Crippen molar-refractivity contribution >= 4 is 6.09 Å². The van der Waals surface area contributed by atoms with Gasteiger partial charge in [-0.1, -0.05) is 30.0 Å². The molecule has 6 heteroatoms. The fourth-order valence-electron chi connectivity index (χ4n) is 3.03. The standard InChI is InChI=1S/C22H14F2N2O2/c23-18-5-1-3-14(10-18)7-8-15-9-17(13-25-12-15)20-21(28-22(27)26-20)16-4-2-6-19(24)11-16/h1-6,9-13,20-21H,(H,26,27). The molecule has 1 fully saturated rings. The molecule has 28 heavy (non-hydrogen) atoms. The average Bonchev–Trinajstić information content (AvgIpc) is 3.09. The number of benzene rings is 2. The van der Waals surface area contributed by atoms with Gasteiger partial charge in [-0.3, -0.25) is 4.98 Å². The molecular formula is C22H14F2N2O2. The van der Waals surface area contributed by atoms with Gasteiger partial charge in [0.1, 0.15) is 17.7 Å². The lowest BCUT2D eigenvalue weighted by molar-refractivity contribution is 0.132. The summed E-state index contributed by atoms with van der Waals surface area (Å²) in [5, 5.41) is 2.73. The molecule has 3 aromatic rings. The Balaban J connectivity index is 1.64. The molecule has 0 saturated carbocycles. The van der Waals surface area contributed by atoms with Gasteiger partial charge >= 0.3 is 6.09 Å². The van der Waals surface area contributed by atoms with E-state index in [9.17, 15) is 13.6 Å². The van der Waals surface area contributed by atoms with E-state index in [2.05, 4.69) is 22.1 Å². The first kappa shape index (κ1) is 17.7. The summed E-state index contributed by atoms with van der Waals surface area (Å²) in [4.78, 5) is 16.0. The molecule has 1 aromatic heterocycles. The van der Waals surface area contributed by atoms with Crippen molar-refractivity contribution in [2.24, 2.45) is 0 Å². The molecule has 0 aliphatic carbocycles. The van der Waals surface area contributed by atoms with Crippen molar-refractivity contribution in [1.82, 2.24) is 10.3 Å². The van der Waals surface area contributed by atoms with Gasteiger partial charge < -0.3 is 10.1 Å².